The summed E-state index contributed by atoms with van der Waals surface area (Å²) in [7, 11) is 3.54. The van der Waals surface area contributed by atoms with E-state index in [1.165, 1.54) is 9.13 Å². The molecule has 3 aromatic heterocycles. The first-order valence-electron chi connectivity index (χ1n) is 8.08. The highest BCUT2D eigenvalue weighted by atomic mass is 16.2. The molecule has 0 atom stereocenters. The number of hydrogen-bond acceptors (Lipinski definition) is 3. The van der Waals surface area contributed by atoms with Gasteiger partial charge in [-0.1, -0.05) is 29.8 Å². The van der Waals surface area contributed by atoms with E-state index in [9.17, 15) is 9.59 Å². The van der Waals surface area contributed by atoms with Crippen molar-refractivity contribution in [3.63, 3.8) is 0 Å². The molecule has 0 saturated heterocycles. The van der Waals surface area contributed by atoms with Gasteiger partial charge in [-0.05, 0) is 19.4 Å². The normalized spacial score (nSPS) is 11.7. The molecule has 3 heterocycles. The molecule has 0 spiro atoms. The molecule has 0 saturated carbocycles. The Morgan fingerprint density at radius 2 is 1.84 bits per heavy atom. The summed E-state index contributed by atoms with van der Waals surface area (Å²) in [6.45, 7) is 4.18. The number of benzene rings is 1. The first kappa shape index (κ1) is 15.4. The Morgan fingerprint density at radius 1 is 1.08 bits per heavy atom. The number of aryl methyl sites for hydroxylation is 4. The topological polar surface area (TPSA) is 66.2 Å². The van der Waals surface area contributed by atoms with Gasteiger partial charge in [-0.2, -0.15) is 4.98 Å². The average molecular weight is 337 g/mol. The smallest absolute Gasteiger partial charge is 0.317 e. The fraction of sp³-hybridized carbons (Fsp3) is 0.278. The van der Waals surface area contributed by atoms with E-state index < -0.39 is 0 Å². The van der Waals surface area contributed by atoms with E-state index in [4.69, 9.17) is 0 Å². The van der Waals surface area contributed by atoms with Crippen LogP contribution in [0.15, 0.2) is 40.1 Å². The van der Waals surface area contributed by atoms with Gasteiger partial charge in [0.15, 0.2) is 11.2 Å². The van der Waals surface area contributed by atoms with E-state index in [0.29, 0.717) is 16.9 Å². The largest absolute Gasteiger partial charge is 0.332 e. The van der Waals surface area contributed by atoms with Crippen LogP contribution in [0.25, 0.3) is 16.9 Å². The van der Waals surface area contributed by atoms with E-state index >= 15 is 0 Å². The van der Waals surface area contributed by atoms with Crippen molar-refractivity contribution in [1.29, 1.82) is 0 Å². The Hall–Kier alpha value is -3.09. The van der Waals surface area contributed by atoms with Gasteiger partial charge in [-0.15, -0.1) is 0 Å². The van der Waals surface area contributed by atoms with Gasteiger partial charge in [0, 0.05) is 26.0 Å². The SMILES string of the molecule is Cc1cccc(Cn2c(=O)c3c(nc4n(C)c(C)cn34)n(C)c2=O)c1. The van der Waals surface area contributed by atoms with Crippen LogP contribution in [-0.2, 0) is 20.6 Å². The lowest BCUT2D eigenvalue weighted by atomic mass is 10.1. The van der Waals surface area contributed by atoms with Crippen molar-refractivity contribution in [2.75, 3.05) is 0 Å². The van der Waals surface area contributed by atoms with Crippen molar-refractivity contribution >= 4 is 16.9 Å². The predicted molar refractivity (Wildman–Crippen MR) is 96.2 cm³/mol. The number of rotatable bonds is 2. The molecule has 4 aromatic rings. The van der Waals surface area contributed by atoms with Gasteiger partial charge in [0.25, 0.3) is 5.56 Å². The monoisotopic (exact) mass is 337 g/mol. The first-order valence-corrected chi connectivity index (χ1v) is 8.08. The molecular weight excluding hydrogens is 318 g/mol. The van der Waals surface area contributed by atoms with Crippen LogP contribution in [0.3, 0.4) is 0 Å². The fourth-order valence-electron chi connectivity index (χ4n) is 3.25. The molecule has 0 unspecified atom stereocenters. The summed E-state index contributed by atoms with van der Waals surface area (Å²) in [6.07, 6.45) is 1.87. The van der Waals surface area contributed by atoms with Crippen molar-refractivity contribution in [1.82, 2.24) is 23.1 Å². The summed E-state index contributed by atoms with van der Waals surface area (Å²) in [5.74, 6) is 0.646. The van der Waals surface area contributed by atoms with E-state index in [0.717, 1.165) is 16.8 Å². The number of fused-ring (bicyclic) bond motifs is 3. The van der Waals surface area contributed by atoms with E-state index in [1.54, 1.807) is 11.4 Å². The molecule has 0 amide bonds. The maximum atomic E-state index is 13.1. The minimum Gasteiger partial charge on any atom is -0.317 e. The molecule has 4 rings (SSSR count). The first-order chi connectivity index (χ1) is 11.9. The Kier molecular flexibility index (Phi) is 3.21. The summed E-state index contributed by atoms with van der Waals surface area (Å²) in [5, 5.41) is 0. The lowest BCUT2D eigenvalue weighted by molar-refractivity contribution is 0.656. The molecule has 25 heavy (non-hydrogen) atoms. The summed E-state index contributed by atoms with van der Waals surface area (Å²) >= 11 is 0. The maximum absolute atomic E-state index is 13.1. The van der Waals surface area contributed by atoms with Gasteiger partial charge >= 0.3 is 5.69 Å². The predicted octanol–water partition coefficient (Wildman–Crippen LogP) is 1.35. The third kappa shape index (κ3) is 2.15. The van der Waals surface area contributed by atoms with Crippen LogP contribution in [0.5, 0.6) is 0 Å². The number of imidazole rings is 2. The van der Waals surface area contributed by atoms with Gasteiger partial charge in [-0.25, -0.2) is 4.79 Å². The number of nitrogens with zero attached hydrogens (tertiary/aromatic N) is 5. The van der Waals surface area contributed by atoms with Gasteiger partial charge in [0.1, 0.15) is 0 Å². The molecule has 0 fully saturated rings. The van der Waals surface area contributed by atoms with Gasteiger partial charge in [0.2, 0.25) is 5.78 Å². The van der Waals surface area contributed by atoms with Crippen LogP contribution < -0.4 is 11.2 Å². The molecule has 7 heteroatoms. The summed E-state index contributed by atoms with van der Waals surface area (Å²) in [5.41, 5.74) is 3.15. The molecule has 0 bridgehead atoms. The second-order valence-corrected chi connectivity index (χ2v) is 6.51. The minimum absolute atomic E-state index is 0.238. The van der Waals surface area contributed by atoms with Gasteiger partial charge in [0.05, 0.1) is 6.54 Å². The fourth-order valence-corrected chi connectivity index (χ4v) is 3.25. The third-order valence-corrected chi connectivity index (χ3v) is 4.73. The Bertz CT molecular complexity index is 1250. The molecule has 0 aliphatic heterocycles. The zero-order valence-corrected chi connectivity index (χ0v) is 14.6. The van der Waals surface area contributed by atoms with Crippen molar-refractivity contribution in [2.24, 2.45) is 14.1 Å². The van der Waals surface area contributed by atoms with Crippen LogP contribution in [-0.4, -0.2) is 23.1 Å². The number of aromatic nitrogens is 5. The quantitative estimate of drug-likeness (QED) is 0.555. The van der Waals surface area contributed by atoms with Crippen molar-refractivity contribution in [2.45, 2.75) is 20.4 Å². The molecule has 0 radical (unpaired) electrons. The van der Waals surface area contributed by atoms with E-state index in [-0.39, 0.29) is 17.8 Å². The molecule has 128 valence electrons. The highest BCUT2D eigenvalue weighted by Gasteiger charge is 2.19. The lowest BCUT2D eigenvalue weighted by Gasteiger charge is -2.08. The molecule has 0 N–H and O–H groups in total. The van der Waals surface area contributed by atoms with Crippen molar-refractivity contribution in [3.05, 3.63) is 68.1 Å². The highest BCUT2D eigenvalue weighted by molar-refractivity contribution is 5.75. The van der Waals surface area contributed by atoms with Crippen LogP contribution in [0.2, 0.25) is 0 Å². The zero-order valence-electron chi connectivity index (χ0n) is 14.6. The standard InChI is InChI=1S/C18H19N5O2/c1-11-6-5-7-13(8-11)10-23-16(24)14-15(21(4)18(23)25)19-17-20(3)12(2)9-22(14)17/h5-9H,10H2,1-4H3. The Balaban J connectivity index is 2.05. The molecular formula is C18H19N5O2. The third-order valence-electron chi connectivity index (χ3n) is 4.73. The minimum atomic E-state index is -0.362. The molecule has 0 aliphatic carbocycles. The lowest BCUT2D eigenvalue weighted by Crippen LogP contribution is -2.39. The van der Waals surface area contributed by atoms with E-state index in [2.05, 4.69) is 4.98 Å². The second kappa shape index (κ2) is 5.20. The van der Waals surface area contributed by atoms with E-state index in [1.807, 2.05) is 55.9 Å². The highest BCUT2D eigenvalue weighted by Crippen LogP contribution is 2.14. The van der Waals surface area contributed by atoms with Crippen molar-refractivity contribution in [3.8, 4) is 0 Å². The van der Waals surface area contributed by atoms with Crippen molar-refractivity contribution < 1.29 is 0 Å². The number of hydrogen-bond donors (Lipinski definition) is 0. The Morgan fingerprint density at radius 3 is 2.56 bits per heavy atom. The summed E-state index contributed by atoms with van der Waals surface area (Å²) in [4.78, 5) is 30.3. The van der Waals surface area contributed by atoms with Crippen LogP contribution in [0.4, 0.5) is 0 Å². The van der Waals surface area contributed by atoms with Gasteiger partial charge in [-0.3, -0.25) is 18.3 Å². The average Bonchev–Trinajstić information content (AvgIpc) is 3.07. The maximum Gasteiger partial charge on any atom is 0.332 e. The second-order valence-electron chi connectivity index (χ2n) is 6.51. The molecule has 1 aromatic carbocycles. The molecule has 7 nitrogen and oxygen atoms in total. The summed E-state index contributed by atoms with van der Waals surface area (Å²) in [6, 6.07) is 7.81. The van der Waals surface area contributed by atoms with Crippen LogP contribution >= 0.6 is 0 Å². The summed E-state index contributed by atoms with van der Waals surface area (Å²) < 4.78 is 6.37. The zero-order chi connectivity index (χ0) is 17.9. The molecule has 0 aliphatic rings. The van der Waals surface area contributed by atoms with Crippen LogP contribution in [0.1, 0.15) is 16.8 Å². The van der Waals surface area contributed by atoms with Gasteiger partial charge < -0.3 is 4.57 Å². The van der Waals surface area contributed by atoms with Crippen LogP contribution in [0, 0.1) is 13.8 Å². The Labute approximate surface area is 143 Å².